The van der Waals surface area contributed by atoms with E-state index in [1.165, 1.54) is 4.88 Å². The highest BCUT2D eigenvalue weighted by Crippen LogP contribution is 2.08. The molecule has 0 radical (unpaired) electrons. The average molecular weight is 172 g/mol. The van der Waals surface area contributed by atoms with E-state index in [2.05, 4.69) is 17.5 Å². The van der Waals surface area contributed by atoms with E-state index < -0.39 is 0 Å². The molecule has 0 unspecified atom stereocenters. The van der Waals surface area contributed by atoms with Gasteiger partial charge in [0.1, 0.15) is 6.79 Å². The minimum Gasteiger partial charge on any atom is -0.359 e. The molecule has 0 aliphatic heterocycles. The van der Waals surface area contributed by atoms with E-state index in [4.69, 9.17) is 9.47 Å². The van der Waals surface area contributed by atoms with Crippen molar-refractivity contribution in [1.29, 1.82) is 0 Å². The summed E-state index contributed by atoms with van der Waals surface area (Å²) in [6.45, 7) is 1.14. The van der Waals surface area contributed by atoms with Crippen LogP contribution in [0.25, 0.3) is 0 Å². The third kappa shape index (κ3) is 3.51. The Morgan fingerprint density at radius 2 is 2.45 bits per heavy atom. The summed E-state index contributed by atoms with van der Waals surface area (Å²) in [6, 6.07) is 4.16. The summed E-state index contributed by atoms with van der Waals surface area (Å²) in [6.07, 6.45) is 0.987. The lowest BCUT2D eigenvalue weighted by Gasteiger charge is -1.99. The van der Waals surface area contributed by atoms with Crippen molar-refractivity contribution < 1.29 is 9.47 Å². The van der Waals surface area contributed by atoms with Crippen molar-refractivity contribution in [1.82, 2.24) is 0 Å². The van der Waals surface area contributed by atoms with Gasteiger partial charge in [-0.1, -0.05) is 6.07 Å². The molecule has 0 amide bonds. The van der Waals surface area contributed by atoms with Crippen molar-refractivity contribution in [3.8, 4) is 0 Å². The zero-order chi connectivity index (χ0) is 7.94. The van der Waals surface area contributed by atoms with Gasteiger partial charge in [-0.05, 0) is 11.4 Å². The fourth-order valence-corrected chi connectivity index (χ4v) is 1.46. The molecule has 2 nitrogen and oxygen atoms in total. The summed E-state index contributed by atoms with van der Waals surface area (Å²) >= 11 is 1.76. The van der Waals surface area contributed by atoms with Gasteiger partial charge >= 0.3 is 0 Å². The number of hydrogen-bond donors (Lipinski definition) is 0. The molecule has 1 heterocycles. The molecule has 0 saturated heterocycles. The quantitative estimate of drug-likeness (QED) is 0.499. The predicted octanol–water partition coefficient (Wildman–Crippen LogP) is 1.91. The first-order chi connectivity index (χ1) is 5.43. The Kier molecular flexibility index (Phi) is 4.19. The molecule has 62 valence electrons. The maximum atomic E-state index is 5.14. The van der Waals surface area contributed by atoms with Crippen molar-refractivity contribution in [3.05, 3.63) is 22.4 Å². The molecule has 0 saturated carbocycles. The molecule has 0 spiro atoms. The van der Waals surface area contributed by atoms with Crippen molar-refractivity contribution in [2.45, 2.75) is 6.42 Å². The van der Waals surface area contributed by atoms with Gasteiger partial charge in [0.05, 0.1) is 6.61 Å². The second-order valence-electron chi connectivity index (χ2n) is 2.14. The summed E-state index contributed by atoms with van der Waals surface area (Å²) in [5, 5.41) is 2.08. The van der Waals surface area contributed by atoms with Crippen LogP contribution in [-0.2, 0) is 15.9 Å². The van der Waals surface area contributed by atoms with E-state index in [0.717, 1.165) is 13.0 Å². The summed E-state index contributed by atoms with van der Waals surface area (Å²) in [5.74, 6) is 0. The van der Waals surface area contributed by atoms with Crippen molar-refractivity contribution in [2.75, 3.05) is 20.5 Å². The minimum atomic E-state index is 0.394. The second-order valence-corrected chi connectivity index (χ2v) is 3.18. The normalized spacial score (nSPS) is 10.3. The Morgan fingerprint density at radius 1 is 1.55 bits per heavy atom. The Hall–Kier alpha value is -0.380. The summed E-state index contributed by atoms with van der Waals surface area (Å²) in [4.78, 5) is 1.36. The largest absolute Gasteiger partial charge is 0.359 e. The summed E-state index contributed by atoms with van der Waals surface area (Å²) in [7, 11) is 1.63. The molecular formula is C8H12O2S. The number of rotatable bonds is 5. The van der Waals surface area contributed by atoms with Crippen LogP contribution in [0.1, 0.15) is 4.88 Å². The van der Waals surface area contributed by atoms with Gasteiger partial charge in [0.15, 0.2) is 0 Å². The predicted molar refractivity (Wildman–Crippen MR) is 45.9 cm³/mol. The zero-order valence-corrected chi connectivity index (χ0v) is 7.39. The first kappa shape index (κ1) is 8.71. The van der Waals surface area contributed by atoms with Gasteiger partial charge in [0.2, 0.25) is 0 Å². The minimum absolute atomic E-state index is 0.394. The van der Waals surface area contributed by atoms with E-state index >= 15 is 0 Å². The zero-order valence-electron chi connectivity index (χ0n) is 6.58. The van der Waals surface area contributed by atoms with E-state index in [1.807, 2.05) is 0 Å². The molecule has 0 bridgehead atoms. The van der Waals surface area contributed by atoms with Crippen LogP contribution in [0, 0.1) is 0 Å². The van der Waals surface area contributed by atoms with E-state index in [-0.39, 0.29) is 0 Å². The molecule has 0 aliphatic carbocycles. The summed E-state index contributed by atoms with van der Waals surface area (Å²) in [5.41, 5.74) is 0. The standard InChI is InChI=1S/C8H12O2S/c1-9-7-10-5-4-8-3-2-6-11-8/h2-3,6H,4-5,7H2,1H3. The lowest BCUT2D eigenvalue weighted by atomic mass is 10.4. The van der Waals surface area contributed by atoms with Crippen LogP contribution in [0.5, 0.6) is 0 Å². The maximum Gasteiger partial charge on any atom is 0.146 e. The van der Waals surface area contributed by atoms with Crippen LogP contribution < -0.4 is 0 Å². The monoisotopic (exact) mass is 172 g/mol. The fraction of sp³-hybridized carbons (Fsp3) is 0.500. The Morgan fingerprint density at radius 3 is 3.09 bits per heavy atom. The highest BCUT2D eigenvalue weighted by Gasteiger charge is 1.92. The van der Waals surface area contributed by atoms with E-state index in [0.29, 0.717) is 6.79 Å². The highest BCUT2D eigenvalue weighted by atomic mass is 32.1. The Labute approximate surface area is 70.8 Å². The first-order valence-corrected chi connectivity index (χ1v) is 4.40. The second kappa shape index (κ2) is 5.29. The third-order valence-electron chi connectivity index (χ3n) is 1.27. The topological polar surface area (TPSA) is 18.5 Å². The molecule has 0 fully saturated rings. The number of methoxy groups -OCH3 is 1. The maximum absolute atomic E-state index is 5.14. The molecule has 1 aromatic heterocycles. The number of hydrogen-bond acceptors (Lipinski definition) is 3. The molecular weight excluding hydrogens is 160 g/mol. The van der Waals surface area contributed by atoms with Gasteiger partial charge in [-0.15, -0.1) is 11.3 Å². The van der Waals surface area contributed by atoms with Gasteiger partial charge in [0.25, 0.3) is 0 Å². The van der Waals surface area contributed by atoms with Gasteiger partial charge in [-0.3, -0.25) is 0 Å². The molecule has 3 heteroatoms. The average Bonchev–Trinajstić information content (AvgIpc) is 2.50. The molecule has 0 atom stereocenters. The van der Waals surface area contributed by atoms with Crippen LogP contribution in [0.15, 0.2) is 17.5 Å². The van der Waals surface area contributed by atoms with Crippen molar-refractivity contribution in [2.24, 2.45) is 0 Å². The molecule has 11 heavy (non-hydrogen) atoms. The Bertz CT molecular complexity index is 172. The SMILES string of the molecule is COCOCCc1cccs1. The number of ether oxygens (including phenoxy) is 2. The first-order valence-electron chi connectivity index (χ1n) is 3.52. The highest BCUT2D eigenvalue weighted by molar-refractivity contribution is 7.09. The van der Waals surface area contributed by atoms with Crippen molar-refractivity contribution in [3.63, 3.8) is 0 Å². The van der Waals surface area contributed by atoms with E-state index in [1.54, 1.807) is 18.4 Å². The van der Waals surface area contributed by atoms with Crippen LogP contribution in [0.3, 0.4) is 0 Å². The van der Waals surface area contributed by atoms with Crippen LogP contribution >= 0.6 is 11.3 Å². The number of thiophene rings is 1. The van der Waals surface area contributed by atoms with Crippen LogP contribution in [-0.4, -0.2) is 20.5 Å². The van der Waals surface area contributed by atoms with Crippen molar-refractivity contribution >= 4 is 11.3 Å². The van der Waals surface area contributed by atoms with E-state index in [9.17, 15) is 0 Å². The fourth-order valence-electron chi connectivity index (χ4n) is 0.770. The molecule has 0 N–H and O–H groups in total. The van der Waals surface area contributed by atoms with Crippen LogP contribution in [0.2, 0.25) is 0 Å². The smallest absolute Gasteiger partial charge is 0.146 e. The Balaban J connectivity index is 2.04. The molecule has 1 aromatic rings. The van der Waals surface area contributed by atoms with Gasteiger partial charge in [0, 0.05) is 18.4 Å². The van der Waals surface area contributed by atoms with Gasteiger partial charge in [-0.2, -0.15) is 0 Å². The van der Waals surface area contributed by atoms with Crippen LogP contribution in [0.4, 0.5) is 0 Å². The third-order valence-corrected chi connectivity index (χ3v) is 2.21. The molecule has 0 aromatic carbocycles. The molecule has 0 aliphatic rings. The lowest BCUT2D eigenvalue weighted by molar-refractivity contribution is -0.0289. The van der Waals surface area contributed by atoms with Gasteiger partial charge in [-0.25, -0.2) is 0 Å². The summed E-state index contributed by atoms with van der Waals surface area (Å²) < 4.78 is 9.88. The van der Waals surface area contributed by atoms with Gasteiger partial charge < -0.3 is 9.47 Å². The lowest BCUT2D eigenvalue weighted by Crippen LogP contribution is -2.00. The molecule has 1 rings (SSSR count).